The molecule has 0 aromatic heterocycles. The number of esters is 1. The predicted octanol–water partition coefficient (Wildman–Crippen LogP) is 14.9. The maximum Gasteiger partial charge on any atom is 0.343 e. The summed E-state index contributed by atoms with van der Waals surface area (Å²) in [5, 5.41) is 15.3. The number of rotatable bonds is 30. The van der Waals surface area contributed by atoms with Crippen LogP contribution >= 0.6 is 0 Å². The molecular weight excluding hydrogens is 707 g/mol. The lowest BCUT2D eigenvalue weighted by Gasteiger charge is -2.37. The highest BCUT2D eigenvalue weighted by molar-refractivity contribution is 5.91. The summed E-state index contributed by atoms with van der Waals surface area (Å²) >= 11 is 0. The fourth-order valence-electron chi connectivity index (χ4n) is 8.32. The zero-order valence-corrected chi connectivity index (χ0v) is 36.3. The summed E-state index contributed by atoms with van der Waals surface area (Å²) in [6, 6.07) is 22.7. The minimum absolute atomic E-state index is 0.420. The van der Waals surface area contributed by atoms with Gasteiger partial charge in [-0.2, -0.15) is 0 Å². The van der Waals surface area contributed by atoms with Crippen LogP contribution in [0.5, 0.6) is 17.2 Å². The largest absolute Gasteiger partial charge is 0.494 e. The highest BCUT2D eigenvalue weighted by Gasteiger charge is 2.52. The van der Waals surface area contributed by atoms with Gasteiger partial charge in [-0.25, -0.2) is 4.79 Å². The van der Waals surface area contributed by atoms with E-state index in [0.717, 1.165) is 54.9 Å². The Kier molecular flexibility index (Phi) is 21.1. The van der Waals surface area contributed by atoms with Gasteiger partial charge >= 0.3 is 5.97 Å². The van der Waals surface area contributed by atoms with Crippen LogP contribution < -0.4 is 14.2 Å². The minimum Gasteiger partial charge on any atom is -0.494 e. The van der Waals surface area contributed by atoms with Crippen LogP contribution in [0.25, 0.3) is 0 Å². The van der Waals surface area contributed by atoms with Crippen molar-refractivity contribution in [3.63, 3.8) is 0 Å². The molecule has 0 N–H and O–H groups in total. The van der Waals surface area contributed by atoms with E-state index in [1.165, 1.54) is 133 Å². The Bertz CT molecular complexity index is 1510. The number of hydrogen-bond donors (Lipinski definition) is 0. The molecule has 0 saturated carbocycles. The van der Waals surface area contributed by atoms with Gasteiger partial charge in [-0.15, -0.1) is 10.3 Å². The van der Waals surface area contributed by atoms with Crippen molar-refractivity contribution in [2.24, 2.45) is 0 Å². The molecule has 6 nitrogen and oxygen atoms in total. The monoisotopic (exact) mass is 783 g/mol. The van der Waals surface area contributed by atoms with Crippen LogP contribution in [0.4, 0.5) is 0 Å². The first kappa shape index (κ1) is 46.3. The molecular formula is C51H76NO5. The fourth-order valence-corrected chi connectivity index (χ4v) is 8.32. The second-order valence-corrected chi connectivity index (χ2v) is 17.1. The minimum atomic E-state index is -0.703. The van der Waals surface area contributed by atoms with Crippen LogP contribution in [0, 0.1) is 0 Å². The van der Waals surface area contributed by atoms with E-state index in [4.69, 9.17) is 14.2 Å². The van der Waals surface area contributed by atoms with E-state index in [9.17, 15) is 10.0 Å². The summed E-state index contributed by atoms with van der Waals surface area (Å²) in [7, 11) is 0. The number of hydrogen-bond acceptors (Lipinski definition) is 5. The maximum atomic E-state index is 14.1. The maximum absolute atomic E-state index is 14.1. The van der Waals surface area contributed by atoms with E-state index in [1.54, 1.807) is 24.3 Å². The highest BCUT2D eigenvalue weighted by Crippen LogP contribution is 2.51. The van der Waals surface area contributed by atoms with Crippen LogP contribution in [0.15, 0.2) is 72.8 Å². The van der Waals surface area contributed by atoms with E-state index in [1.807, 2.05) is 62.4 Å². The van der Waals surface area contributed by atoms with Crippen molar-refractivity contribution < 1.29 is 24.2 Å². The molecule has 3 aromatic rings. The molecule has 1 saturated heterocycles. The van der Waals surface area contributed by atoms with Crippen LogP contribution in [-0.4, -0.2) is 24.2 Å². The molecule has 3 aromatic carbocycles. The Morgan fingerprint density at radius 2 is 0.789 bits per heavy atom. The third-order valence-electron chi connectivity index (χ3n) is 12.3. The number of ether oxygens (including phenoxy) is 3. The molecule has 0 amide bonds. The lowest BCUT2D eigenvalue weighted by molar-refractivity contribution is -0.260. The SMILES string of the molecule is CCCCCCCCCCCCCOc1ccc(C(=O)Oc2ccc([C@]3(C)CC[C@](C)(c4ccc(OCCCCCCCCCCCCC)cc4)N3[O])cc2)cc1. The third-order valence-corrected chi connectivity index (χ3v) is 12.3. The second kappa shape index (κ2) is 25.9. The van der Waals surface area contributed by atoms with E-state index < -0.39 is 17.0 Å². The number of carbonyl (C=O) groups is 1. The van der Waals surface area contributed by atoms with Gasteiger partial charge in [0.2, 0.25) is 0 Å². The van der Waals surface area contributed by atoms with Crippen molar-refractivity contribution in [3.05, 3.63) is 89.5 Å². The van der Waals surface area contributed by atoms with Gasteiger partial charge in [-0.3, -0.25) is 0 Å². The summed E-state index contributed by atoms with van der Waals surface area (Å²) in [6.07, 6.45) is 30.3. The number of hydroxylamine groups is 2. The molecule has 4 rings (SSSR count). The Balaban J connectivity index is 1.14. The van der Waals surface area contributed by atoms with Crippen molar-refractivity contribution in [1.29, 1.82) is 0 Å². The summed E-state index contributed by atoms with van der Waals surface area (Å²) in [5.41, 5.74) is 1.02. The summed E-state index contributed by atoms with van der Waals surface area (Å²) < 4.78 is 17.7. The standard InChI is InChI=1S/C51H76NO5/c1-5-7-9-11-13-15-17-19-21-23-25-41-55-46-33-27-43(28-34-46)49(53)57-48-37-31-45(32-38-48)51(4)40-39-50(3,52(51)54)44-29-35-47(36-30-44)56-42-26-24-22-20-18-16-14-12-10-8-6-2/h27-38H,5-26,39-42H2,1-4H3/t50-,51+/m1/s1. The predicted molar refractivity (Wildman–Crippen MR) is 235 cm³/mol. The molecule has 2 atom stereocenters. The van der Waals surface area contributed by atoms with E-state index in [2.05, 4.69) is 13.8 Å². The number of benzene rings is 3. The number of carbonyl (C=O) groups excluding carboxylic acids is 1. The highest BCUT2D eigenvalue weighted by atomic mass is 16.5. The molecule has 0 aliphatic carbocycles. The van der Waals surface area contributed by atoms with Gasteiger partial charge < -0.3 is 14.2 Å². The molecule has 0 bridgehead atoms. The van der Waals surface area contributed by atoms with Gasteiger partial charge in [0.05, 0.1) is 29.9 Å². The average Bonchev–Trinajstić information content (AvgIpc) is 3.48. The Hall–Kier alpha value is -3.35. The smallest absolute Gasteiger partial charge is 0.343 e. The quantitative estimate of drug-likeness (QED) is 0.0383. The fraction of sp³-hybridized carbons (Fsp3) is 0.627. The average molecular weight is 783 g/mol. The molecule has 315 valence electrons. The van der Waals surface area contributed by atoms with Crippen molar-refractivity contribution in [2.75, 3.05) is 13.2 Å². The topological polar surface area (TPSA) is 67.9 Å². The molecule has 1 fully saturated rings. The Morgan fingerprint density at radius 3 is 1.16 bits per heavy atom. The molecule has 1 radical (unpaired) electrons. The summed E-state index contributed by atoms with van der Waals surface area (Å²) in [5.74, 6) is 1.65. The van der Waals surface area contributed by atoms with Crippen LogP contribution in [0.1, 0.15) is 203 Å². The van der Waals surface area contributed by atoms with Crippen LogP contribution in [-0.2, 0) is 16.3 Å². The first-order valence-corrected chi connectivity index (χ1v) is 23.1. The molecule has 1 heterocycles. The summed E-state index contributed by atoms with van der Waals surface area (Å²) in [6.45, 7) is 10.0. The van der Waals surface area contributed by atoms with Gasteiger partial charge in [0.15, 0.2) is 0 Å². The van der Waals surface area contributed by atoms with Crippen molar-refractivity contribution in [2.45, 2.75) is 193 Å². The molecule has 0 unspecified atom stereocenters. The first-order chi connectivity index (χ1) is 27.8. The lowest BCUT2D eigenvalue weighted by Crippen LogP contribution is -2.44. The molecule has 1 aliphatic heterocycles. The van der Waals surface area contributed by atoms with E-state index in [-0.39, 0.29) is 0 Å². The van der Waals surface area contributed by atoms with E-state index >= 15 is 0 Å². The van der Waals surface area contributed by atoms with Crippen LogP contribution in [0.3, 0.4) is 0 Å². The molecule has 0 spiro atoms. The zero-order chi connectivity index (χ0) is 40.6. The number of nitrogens with zero attached hydrogens (tertiary/aromatic N) is 1. The Morgan fingerprint density at radius 1 is 0.474 bits per heavy atom. The zero-order valence-electron chi connectivity index (χ0n) is 36.3. The van der Waals surface area contributed by atoms with Crippen LogP contribution in [0.2, 0.25) is 0 Å². The van der Waals surface area contributed by atoms with E-state index in [0.29, 0.717) is 17.9 Å². The van der Waals surface area contributed by atoms with Crippen molar-refractivity contribution in [1.82, 2.24) is 5.06 Å². The summed E-state index contributed by atoms with van der Waals surface area (Å²) in [4.78, 5) is 13.0. The van der Waals surface area contributed by atoms with Gasteiger partial charge in [-0.05, 0) is 99.2 Å². The van der Waals surface area contributed by atoms with Gasteiger partial charge in [0.1, 0.15) is 17.2 Å². The normalized spacial score (nSPS) is 18.2. The second-order valence-electron chi connectivity index (χ2n) is 17.1. The third kappa shape index (κ3) is 15.4. The molecule has 57 heavy (non-hydrogen) atoms. The van der Waals surface area contributed by atoms with Gasteiger partial charge in [-0.1, -0.05) is 167 Å². The van der Waals surface area contributed by atoms with Gasteiger partial charge in [0, 0.05) is 0 Å². The van der Waals surface area contributed by atoms with Gasteiger partial charge in [0.25, 0.3) is 0 Å². The molecule has 1 aliphatic rings. The lowest BCUT2D eigenvalue weighted by atomic mass is 9.89. The molecule has 6 heteroatoms. The van der Waals surface area contributed by atoms with Crippen molar-refractivity contribution >= 4 is 5.97 Å². The Labute approximate surface area is 347 Å². The van der Waals surface area contributed by atoms with Crippen molar-refractivity contribution in [3.8, 4) is 17.2 Å². The number of unbranched alkanes of at least 4 members (excludes halogenated alkanes) is 20. The first-order valence-electron chi connectivity index (χ1n) is 23.1.